The van der Waals surface area contributed by atoms with Crippen LogP contribution in [0.3, 0.4) is 0 Å². The van der Waals surface area contributed by atoms with E-state index >= 15 is 0 Å². The number of amides is 3. The third-order valence-electron chi connectivity index (χ3n) is 5.88. The molecule has 3 N–H and O–H groups in total. The average molecular weight is 621 g/mol. The van der Waals surface area contributed by atoms with E-state index in [2.05, 4.69) is 16.0 Å². The molecule has 0 radical (unpaired) electrons. The topological polar surface area (TPSA) is 130 Å². The number of nitro groups is 1. The van der Waals surface area contributed by atoms with Gasteiger partial charge in [-0.25, -0.2) is 0 Å². The van der Waals surface area contributed by atoms with E-state index < -0.39 is 34.4 Å². The highest BCUT2D eigenvalue weighted by molar-refractivity contribution is 8.00. The zero-order valence-corrected chi connectivity index (χ0v) is 23.4. The quantitative estimate of drug-likeness (QED) is 0.0778. The number of nitrogens with one attached hydrogen (secondary N) is 3. The lowest BCUT2D eigenvalue weighted by atomic mass is 10.1. The van der Waals surface area contributed by atoms with Crippen LogP contribution in [0.2, 0.25) is 0 Å². The average Bonchev–Trinajstić information content (AvgIpc) is 3.00. The number of thioether (sulfide) groups is 1. The van der Waals surface area contributed by atoms with Gasteiger partial charge in [0, 0.05) is 34.0 Å². The van der Waals surface area contributed by atoms with Crippen LogP contribution in [0.1, 0.15) is 21.5 Å². The zero-order valence-electron chi connectivity index (χ0n) is 22.6. The Hall–Kier alpha value is -5.43. The fourth-order valence-electron chi connectivity index (χ4n) is 3.78. The van der Waals surface area contributed by atoms with Gasteiger partial charge in [0.2, 0.25) is 5.91 Å². The molecule has 9 nitrogen and oxygen atoms in total. The molecule has 0 unspecified atom stereocenters. The first kappa shape index (κ1) is 31.5. The Bertz CT molecular complexity index is 1710. The summed E-state index contributed by atoms with van der Waals surface area (Å²) in [4.78, 5) is 49.5. The number of non-ortho nitro benzene ring substituents is 1. The van der Waals surface area contributed by atoms with Crippen LogP contribution in [0.5, 0.6) is 0 Å². The summed E-state index contributed by atoms with van der Waals surface area (Å²) >= 11 is 1.10. The molecule has 13 heteroatoms. The van der Waals surface area contributed by atoms with Gasteiger partial charge in [0.05, 0.1) is 16.2 Å². The fraction of sp³-hybridized carbons (Fsp3) is 0.0645. The summed E-state index contributed by atoms with van der Waals surface area (Å²) in [5.41, 5.74) is -0.0843. The highest BCUT2D eigenvalue weighted by Gasteiger charge is 2.30. The molecule has 0 atom stereocenters. The highest BCUT2D eigenvalue weighted by Crippen LogP contribution is 2.31. The number of rotatable bonds is 10. The van der Waals surface area contributed by atoms with E-state index in [1.54, 1.807) is 54.6 Å². The number of carbonyl (C=O) groups is 3. The van der Waals surface area contributed by atoms with Crippen LogP contribution in [-0.4, -0.2) is 28.4 Å². The number of benzene rings is 4. The van der Waals surface area contributed by atoms with Gasteiger partial charge in [0.1, 0.15) is 5.70 Å². The summed E-state index contributed by atoms with van der Waals surface area (Å²) in [7, 11) is 0. The molecule has 0 saturated carbocycles. The van der Waals surface area contributed by atoms with Gasteiger partial charge in [-0.05, 0) is 72.3 Å². The Balaban J connectivity index is 1.45. The van der Waals surface area contributed by atoms with E-state index in [9.17, 15) is 37.7 Å². The summed E-state index contributed by atoms with van der Waals surface area (Å²) in [5.74, 6) is -1.88. The van der Waals surface area contributed by atoms with E-state index in [1.807, 2.05) is 0 Å². The van der Waals surface area contributed by atoms with Crippen LogP contribution in [-0.2, 0) is 15.8 Å². The van der Waals surface area contributed by atoms with E-state index in [0.717, 1.165) is 23.9 Å². The van der Waals surface area contributed by atoms with Crippen molar-refractivity contribution < 1.29 is 32.5 Å². The van der Waals surface area contributed by atoms with E-state index in [0.29, 0.717) is 21.7 Å². The monoisotopic (exact) mass is 620 g/mol. The van der Waals surface area contributed by atoms with Crippen molar-refractivity contribution in [3.63, 3.8) is 0 Å². The summed E-state index contributed by atoms with van der Waals surface area (Å²) in [6.07, 6.45) is -3.17. The lowest BCUT2D eigenvalue weighted by Crippen LogP contribution is -2.30. The van der Waals surface area contributed by atoms with Gasteiger partial charge in [-0.1, -0.05) is 30.3 Å². The first-order chi connectivity index (χ1) is 21.0. The summed E-state index contributed by atoms with van der Waals surface area (Å²) in [6.45, 7) is 0. The van der Waals surface area contributed by atoms with Crippen molar-refractivity contribution in [1.29, 1.82) is 0 Å². The number of hydrogen-bond donors (Lipinski definition) is 3. The van der Waals surface area contributed by atoms with Gasteiger partial charge >= 0.3 is 6.18 Å². The van der Waals surface area contributed by atoms with Crippen LogP contribution in [0, 0.1) is 10.1 Å². The second kappa shape index (κ2) is 14.2. The number of nitrogens with zero attached hydrogens (tertiary/aromatic N) is 1. The molecular formula is C31H23F3N4O5S. The smallest absolute Gasteiger partial charge is 0.325 e. The molecule has 224 valence electrons. The first-order valence-corrected chi connectivity index (χ1v) is 13.8. The molecule has 4 rings (SSSR count). The van der Waals surface area contributed by atoms with Crippen molar-refractivity contribution in [3.05, 3.63) is 136 Å². The Morgan fingerprint density at radius 3 is 2.14 bits per heavy atom. The maximum Gasteiger partial charge on any atom is 0.416 e. The maximum atomic E-state index is 13.3. The molecule has 0 spiro atoms. The second-order valence-electron chi connectivity index (χ2n) is 9.12. The van der Waals surface area contributed by atoms with Gasteiger partial charge in [0.25, 0.3) is 17.5 Å². The molecule has 4 aromatic rings. The molecule has 0 heterocycles. The number of nitro benzene ring substituents is 1. The largest absolute Gasteiger partial charge is 0.416 e. The van der Waals surface area contributed by atoms with E-state index in [1.165, 1.54) is 42.5 Å². The molecule has 0 aromatic heterocycles. The molecule has 0 fully saturated rings. The lowest BCUT2D eigenvalue weighted by molar-refractivity contribution is -0.384. The number of carbonyl (C=O) groups excluding carboxylic acids is 3. The molecular weight excluding hydrogens is 597 g/mol. The zero-order chi connectivity index (χ0) is 31.7. The van der Waals surface area contributed by atoms with Crippen molar-refractivity contribution in [3.8, 4) is 0 Å². The molecule has 4 aromatic carbocycles. The first-order valence-electron chi connectivity index (χ1n) is 12.8. The third kappa shape index (κ3) is 9.03. The van der Waals surface area contributed by atoms with Crippen molar-refractivity contribution in [2.75, 3.05) is 16.4 Å². The minimum absolute atomic E-state index is 0.0105. The predicted octanol–water partition coefficient (Wildman–Crippen LogP) is 6.75. The standard InChI is InChI=1S/C31H23F3N4O5S/c32-31(33,34)22-8-4-9-23(17-22)35-28(39)19-44-26-11-5-10-24(18-26)36-30(41)27(37-29(40)21-6-2-1-3-7-21)16-20-12-14-25(15-13-20)38(42)43/h1-18H,19H2,(H,35,39)(H,36,41)(H,37,40)/b27-16+. The summed E-state index contributed by atoms with van der Waals surface area (Å²) < 4.78 is 38.8. The van der Waals surface area contributed by atoms with Gasteiger partial charge in [-0.2, -0.15) is 13.2 Å². The summed E-state index contributed by atoms with van der Waals surface area (Å²) in [6, 6.07) is 24.4. The Kier molecular flexibility index (Phi) is 10.1. The van der Waals surface area contributed by atoms with Gasteiger partial charge in [-0.3, -0.25) is 24.5 Å². The van der Waals surface area contributed by atoms with Crippen LogP contribution >= 0.6 is 11.8 Å². The predicted molar refractivity (Wildman–Crippen MR) is 161 cm³/mol. The van der Waals surface area contributed by atoms with Crippen LogP contribution in [0.25, 0.3) is 6.08 Å². The molecule has 0 aliphatic heterocycles. The maximum absolute atomic E-state index is 13.3. The van der Waals surface area contributed by atoms with Gasteiger partial charge in [0.15, 0.2) is 0 Å². The Morgan fingerprint density at radius 2 is 1.48 bits per heavy atom. The Morgan fingerprint density at radius 1 is 0.818 bits per heavy atom. The van der Waals surface area contributed by atoms with E-state index in [4.69, 9.17) is 0 Å². The number of halogens is 3. The molecule has 3 amide bonds. The normalized spacial score (nSPS) is 11.4. The third-order valence-corrected chi connectivity index (χ3v) is 6.87. The van der Waals surface area contributed by atoms with Crippen LogP contribution < -0.4 is 16.0 Å². The molecule has 44 heavy (non-hydrogen) atoms. The highest BCUT2D eigenvalue weighted by atomic mass is 32.2. The Labute approximate surface area is 253 Å². The molecule has 0 aliphatic carbocycles. The molecule has 0 bridgehead atoms. The minimum Gasteiger partial charge on any atom is -0.325 e. The number of anilines is 2. The SMILES string of the molecule is O=C(CSc1cccc(NC(=O)/C(=C\c2ccc([N+](=O)[O-])cc2)NC(=O)c2ccccc2)c1)Nc1cccc(C(F)(F)F)c1. The van der Waals surface area contributed by atoms with Gasteiger partial charge in [-0.15, -0.1) is 11.8 Å². The van der Waals surface area contributed by atoms with Crippen molar-refractivity contribution in [2.45, 2.75) is 11.1 Å². The molecule has 0 saturated heterocycles. The van der Waals surface area contributed by atoms with Crippen molar-refractivity contribution in [2.24, 2.45) is 0 Å². The molecule has 0 aliphatic rings. The lowest BCUT2D eigenvalue weighted by Gasteiger charge is -2.12. The summed E-state index contributed by atoms with van der Waals surface area (Å²) in [5, 5.41) is 18.7. The number of alkyl halides is 3. The van der Waals surface area contributed by atoms with Crippen molar-refractivity contribution >= 4 is 52.6 Å². The second-order valence-corrected chi connectivity index (χ2v) is 10.2. The minimum atomic E-state index is -4.54. The number of hydrogen-bond acceptors (Lipinski definition) is 6. The van der Waals surface area contributed by atoms with E-state index in [-0.39, 0.29) is 22.8 Å². The fourth-order valence-corrected chi connectivity index (χ4v) is 4.54. The van der Waals surface area contributed by atoms with Crippen LogP contribution in [0.4, 0.5) is 30.2 Å². The van der Waals surface area contributed by atoms with Crippen molar-refractivity contribution in [1.82, 2.24) is 5.32 Å². The van der Waals surface area contributed by atoms with Gasteiger partial charge < -0.3 is 16.0 Å². The van der Waals surface area contributed by atoms with Crippen LogP contribution in [0.15, 0.2) is 114 Å².